The quantitative estimate of drug-likeness (QED) is 0.476. The van der Waals surface area contributed by atoms with Crippen molar-refractivity contribution in [3.63, 3.8) is 0 Å². The number of carbonyl (C=O) groups excluding carboxylic acids is 3. The van der Waals surface area contributed by atoms with E-state index in [9.17, 15) is 27.6 Å². The van der Waals surface area contributed by atoms with E-state index in [-0.39, 0.29) is 40.1 Å². The molecule has 3 aromatic rings. The van der Waals surface area contributed by atoms with Gasteiger partial charge in [-0.15, -0.1) is 0 Å². The second-order valence-electron chi connectivity index (χ2n) is 10.5. The van der Waals surface area contributed by atoms with Crippen LogP contribution in [0, 0.1) is 10.8 Å². The van der Waals surface area contributed by atoms with Gasteiger partial charge in [0.15, 0.2) is 5.65 Å². The summed E-state index contributed by atoms with van der Waals surface area (Å²) in [7, 11) is 0. The summed E-state index contributed by atoms with van der Waals surface area (Å²) in [6.07, 6.45) is 2.14. The van der Waals surface area contributed by atoms with Crippen LogP contribution in [0.3, 0.4) is 0 Å². The number of halogens is 3. The highest BCUT2D eigenvalue weighted by Crippen LogP contribution is 2.56. The molecular weight excluding hydrogens is 499 g/mol. The van der Waals surface area contributed by atoms with E-state index in [0.29, 0.717) is 12.2 Å². The smallest absolute Gasteiger partial charge is 0.350 e. The van der Waals surface area contributed by atoms with E-state index in [4.69, 9.17) is 0 Å². The van der Waals surface area contributed by atoms with Crippen LogP contribution in [-0.4, -0.2) is 38.7 Å². The first kappa shape index (κ1) is 25.9. The Morgan fingerprint density at radius 2 is 1.68 bits per heavy atom. The lowest BCUT2D eigenvalue weighted by Gasteiger charge is -2.52. The van der Waals surface area contributed by atoms with Crippen molar-refractivity contribution in [2.45, 2.75) is 58.2 Å². The third-order valence-electron chi connectivity index (χ3n) is 8.30. The molecule has 0 radical (unpaired) electrons. The topological polar surface area (TPSA) is 105 Å². The molecule has 2 heterocycles. The Balaban J connectivity index is 1.28. The van der Waals surface area contributed by atoms with Crippen LogP contribution in [0.5, 0.6) is 0 Å². The predicted molar refractivity (Wildman–Crippen MR) is 131 cm³/mol. The minimum atomic E-state index is -4.48. The molecule has 2 bridgehead atoms. The molecular formula is C27H28F3N5O3. The highest BCUT2D eigenvalue weighted by Gasteiger charge is 2.50. The normalized spacial score (nSPS) is 22.8. The fourth-order valence-electron chi connectivity index (χ4n) is 5.74. The number of aromatic nitrogens is 3. The molecule has 6 rings (SSSR count). The summed E-state index contributed by atoms with van der Waals surface area (Å²) >= 11 is 0. The molecule has 2 N–H and O–H groups in total. The van der Waals surface area contributed by atoms with Crippen molar-refractivity contribution in [1.82, 2.24) is 25.2 Å². The molecule has 200 valence electrons. The maximum absolute atomic E-state index is 13.2. The summed E-state index contributed by atoms with van der Waals surface area (Å²) in [4.78, 5) is 42.5. The largest absolute Gasteiger partial charge is 0.416 e. The van der Waals surface area contributed by atoms with Crippen LogP contribution in [0.2, 0.25) is 0 Å². The number of alkyl halides is 3. The van der Waals surface area contributed by atoms with E-state index >= 15 is 0 Å². The van der Waals surface area contributed by atoms with Gasteiger partial charge in [0.25, 0.3) is 11.8 Å². The maximum Gasteiger partial charge on any atom is 0.416 e. The first-order valence-electron chi connectivity index (χ1n) is 12.6. The lowest BCUT2D eigenvalue weighted by molar-refractivity contribution is -0.137. The van der Waals surface area contributed by atoms with Crippen LogP contribution in [0.15, 0.2) is 42.6 Å². The molecule has 3 saturated carbocycles. The van der Waals surface area contributed by atoms with Crippen LogP contribution >= 0.6 is 0 Å². The van der Waals surface area contributed by atoms with Crippen molar-refractivity contribution in [3.05, 3.63) is 65.1 Å². The standard InChI is InChI=1S/C27H28F3N5O3/c1-17(36)26-9-6-25(7-10-26,8-11-26)16-32-24(38)21-14-20(34-22-5-12-33-35(21)22)23(37)31-15-18-3-2-4-19(13-18)27(28,29)30/h2-5,12-14H,6-11,15-16H2,1H3,(H,31,37)(H,32,38). The first-order chi connectivity index (χ1) is 18.0. The van der Waals surface area contributed by atoms with Gasteiger partial charge in [-0.1, -0.05) is 12.1 Å². The van der Waals surface area contributed by atoms with Gasteiger partial charge in [-0.05, 0) is 68.6 Å². The van der Waals surface area contributed by atoms with Crippen molar-refractivity contribution in [1.29, 1.82) is 0 Å². The Morgan fingerprint density at radius 1 is 0.974 bits per heavy atom. The van der Waals surface area contributed by atoms with Gasteiger partial charge < -0.3 is 10.6 Å². The van der Waals surface area contributed by atoms with Crippen LogP contribution in [-0.2, 0) is 17.5 Å². The van der Waals surface area contributed by atoms with Crippen molar-refractivity contribution >= 4 is 23.2 Å². The molecule has 38 heavy (non-hydrogen) atoms. The van der Waals surface area contributed by atoms with E-state index in [1.165, 1.54) is 28.9 Å². The summed E-state index contributed by atoms with van der Waals surface area (Å²) in [6, 6.07) is 7.59. The van der Waals surface area contributed by atoms with Crippen molar-refractivity contribution in [2.75, 3.05) is 6.54 Å². The molecule has 3 aliphatic carbocycles. The molecule has 0 atom stereocenters. The monoisotopic (exact) mass is 527 g/mol. The maximum atomic E-state index is 13.2. The zero-order valence-corrected chi connectivity index (χ0v) is 20.9. The second-order valence-corrected chi connectivity index (χ2v) is 10.5. The number of nitrogens with one attached hydrogen (secondary N) is 2. The number of nitrogens with zero attached hydrogens (tertiary/aromatic N) is 3. The number of rotatable bonds is 7. The van der Waals surface area contributed by atoms with E-state index in [2.05, 4.69) is 20.7 Å². The molecule has 8 nitrogen and oxygen atoms in total. The summed E-state index contributed by atoms with van der Waals surface area (Å²) < 4.78 is 40.3. The summed E-state index contributed by atoms with van der Waals surface area (Å²) in [5, 5.41) is 9.73. The fraction of sp³-hybridized carbons (Fsp3) is 0.444. The van der Waals surface area contributed by atoms with Crippen molar-refractivity contribution < 1.29 is 27.6 Å². The fourth-order valence-corrected chi connectivity index (χ4v) is 5.74. The van der Waals surface area contributed by atoms with Crippen LogP contribution in [0.25, 0.3) is 5.65 Å². The number of hydrogen-bond acceptors (Lipinski definition) is 5. The molecule has 2 aromatic heterocycles. The van der Waals surface area contributed by atoms with Crippen molar-refractivity contribution in [3.8, 4) is 0 Å². The predicted octanol–water partition coefficient (Wildman–Crippen LogP) is 4.34. The van der Waals surface area contributed by atoms with Gasteiger partial charge in [0.05, 0.1) is 11.8 Å². The third kappa shape index (κ3) is 4.89. The van der Waals surface area contributed by atoms with Gasteiger partial charge in [0.1, 0.15) is 17.2 Å². The lowest BCUT2D eigenvalue weighted by atomic mass is 9.52. The number of amides is 2. The average molecular weight is 528 g/mol. The van der Waals surface area contributed by atoms with Crippen molar-refractivity contribution in [2.24, 2.45) is 10.8 Å². The Bertz CT molecular complexity index is 1390. The van der Waals surface area contributed by atoms with Gasteiger partial charge in [0.2, 0.25) is 0 Å². The number of Topliss-reactive ketones (excluding diaryl/α,β-unsaturated/α-hetero) is 1. The van der Waals surface area contributed by atoms with Gasteiger partial charge in [-0.2, -0.15) is 18.3 Å². The Hall–Kier alpha value is -3.76. The average Bonchev–Trinajstić information content (AvgIpc) is 3.39. The van der Waals surface area contributed by atoms with E-state index in [0.717, 1.165) is 50.7 Å². The molecule has 0 aliphatic heterocycles. The van der Waals surface area contributed by atoms with E-state index in [1.807, 2.05) is 0 Å². The van der Waals surface area contributed by atoms with Crippen LogP contribution < -0.4 is 10.6 Å². The first-order valence-corrected chi connectivity index (χ1v) is 12.6. The van der Waals surface area contributed by atoms with Gasteiger partial charge in [-0.25, -0.2) is 9.50 Å². The molecule has 0 spiro atoms. The van der Waals surface area contributed by atoms with E-state index in [1.54, 1.807) is 13.0 Å². The number of carbonyl (C=O) groups is 3. The Morgan fingerprint density at radius 3 is 2.34 bits per heavy atom. The minimum Gasteiger partial charge on any atom is -0.350 e. The molecule has 0 unspecified atom stereocenters. The Kier molecular flexibility index (Phi) is 6.48. The number of hydrogen-bond donors (Lipinski definition) is 2. The molecule has 2 amide bonds. The second kappa shape index (κ2) is 9.52. The van der Waals surface area contributed by atoms with E-state index < -0.39 is 23.6 Å². The summed E-state index contributed by atoms with van der Waals surface area (Å²) in [5.41, 5.74) is -0.390. The molecule has 3 fully saturated rings. The highest BCUT2D eigenvalue weighted by molar-refractivity contribution is 5.98. The number of ketones is 1. The van der Waals surface area contributed by atoms with Gasteiger partial charge >= 0.3 is 6.18 Å². The molecule has 1 aromatic carbocycles. The minimum absolute atomic E-state index is 0.0464. The Labute approximate surface area is 217 Å². The highest BCUT2D eigenvalue weighted by atomic mass is 19.4. The molecule has 11 heteroatoms. The third-order valence-corrected chi connectivity index (χ3v) is 8.30. The SMILES string of the molecule is CC(=O)C12CCC(CNC(=O)c3cc(C(=O)NCc4cccc(C(F)(F)F)c4)nc4ccnn34)(CC1)CC2. The number of benzene rings is 1. The lowest BCUT2D eigenvalue weighted by Crippen LogP contribution is -2.49. The summed E-state index contributed by atoms with van der Waals surface area (Å²) in [5.74, 6) is -0.776. The van der Waals surface area contributed by atoms with Crippen LogP contribution in [0.4, 0.5) is 13.2 Å². The molecule has 3 aliphatic rings. The zero-order chi connectivity index (χ0) is 27.1. The number of fused-ring (bicyclic) bond motifs is 4. The molecule has 0 saturated heterocycles. The van der Waals surface area contributed by atoms with Gasteiger partial charge in [-0.3, -0.25) is 14.4 Å². The van der Waals surface area contributed by atoms with Gasteiger partial charge in [0, 0.05) is 30.6 Å². The summed E-state index contributed by atoms with van der Waals surface area (Å²) in [6.45, 7) is 1.99. The van der Waals surface area contributed by atoms with Crippen LogP contribution in [0.1, 0.15) is 77.6 Å². The zero-order valence-electron chi connectivity index (χ0n) is 20.9.